The Bertz CT molecular complexity index is 1120. The number of phenols is 1. The van der Waals surface area contributed by atoms with Crippen molar-refractivity contribution >= 4 is 35.3 Å². The highest BCUT2D eigenvalue weighted by molar-refractivity contribution is 6.34. The molecule has 7 nitrogen and oxygen atoms in total. The number of halogens is 1. The van der Waals surface area contributed by atoms with E-state index in [-0.39, 0.29) is 11.7 Å². The molecule has 3 rings (SSSR count). The van der Waals surface area contributed by atoms with Crippen molar-refractivity contribution in [1.29, 1.82) is 0 Å². The molecule has 0 saturated heterocycles. The van der Waals surface area contributed by atoms with Gasteiger partial charge in [0.05, 0.1) is 23.9 Å². The number of nitrogens with one attached hydrogen (secondary N) is 2. The lowest BCUT2D eigenvalue weighted by Crippen LogP contribution is -2.18. The summed E-state index contributed by atoms with van der Waals surface area (Å²) >= 11 is 6.04. The lowest BCUT2D eigenvalue weighted by molar-refractivity contribution is 0.0953. The minimum absolute atomic E-state index is 0.0812. The molecule has 0 aliphatic carbocycles. The van der Waals surface area contributed by atoms with Gasteiger partial charge in [0, 0.05) is 16.8 Å². The molecule has 3 N–H and O–H groups in total. The van der Waals surface area contributed by atoms with Crippen LogP contribution in [0.25, 0.3) is 0 Å². The molecule has 0 saturated carbocycles. The van der Waals surface area contributed by atoms with Crippen LogP contribution < -0.4 is 15.5 Å². The minimum atomic E-state index is -0.484. The summed E-state index contributed by atoms with van der Waals surface area (Å²) in [5, 5.41) is 16.9. The van der Waals surface area contributed by atoms with Crippen LogP contribution in [0.3, 0.4) is 0 Å². The lowest BCUT2D eigenvalue weighted by Gasteiger charge is -2.08. The standard InChI is InChI=1S/C22H18ClN3O4/c1-30-19-11-5-7-15(20(19)27)13-24-26-21(28)14-6-4-8-16(12-14)25-22(29)17-9-2-3-10-18(17)23/h2-13,27H,1H3,(H,25,29)(H,26,28)/b24-13-. The van der Waals surface area contributed by atoms with Gasteiger partial charge in [0.1, 0.15) is 0 Å². The summed E-state index contributed by atoms with van der Waals surface area (Å²) in [6, 6.07) is 18.0. The average Bonchev–Trinajstić information content (AvgIpc) is 2.75. The van der Waals surface area contributed by atoms with Crippen LogP contribution in [0.2, 0.25) is 5.02 Å². The summed E-state index contributed by atoms with van der Waals surface area (Å²) in [5.74, 6) is -0.651. The molecular formula is C22H18ClN3O4. The second kappa shape index (κ2) is 9.58. The molecule has 0 atom stereocenters. The molecule has 3 aromatic carbocycles. The molecule has 0 bridgehead atoms. The number of phenolic OH excluding ortho intramolecular Hbond substituents is 1. The van der Waals surface area contributed by atoms with E-state index in [2.05, 4.69) is 15.8 Å². The molecule has 30 heavy (non-hydrogen) atoms. The van der Waals surface area contributed by atoms with Crippen molar-refractivity contribution in [2.75, 3.05) is 12.4 Å². The number of hydrazone groups is 1. The van der Waals surface area contributed by atoms with E-state index in [1.165, 1.54) is 19.4 Å². The van der Waals surface area contributed by atoms with E-state index >= 15 is 0 Å². The largest absolute Gasteiger partial charge is 0.504 e. The Labute approximate surface area is 178 Å². The highest BCUT2D eigenvalue weighted by Gasteiger charge is 2.11. The van der Waals surface area contributed by atoms with Gasteiger partial charge in [0.2, 0.25) is 0 Å². The zero-order valence-corrected chi connectivity index (χ0v) is 16.7. The zero-order chi connectivity index (χ0) is 21.5. The number of ether oxygens (including phenoxy) is 1. The molecule has 8 heteroatoms. The maximum absolute atomic E-state index is 12.4. The first-order chi connectivity index (χ1) is 14.5. The van der Waals surface area contributed by atoms with E-state index in [1.54, 1.807) is 60.7 Å². The summed E-state index contributed by atoms with van der Waals surface area (Å²) in [6.07, 6.45) is 1.30. The molecule has 0 heterocycles. The first-order valence-electron chi connectivity index (χ1n) is 8.85. The quantitative estimate of drug-likeness (QED) is 0.411. The molecule has 0 aromatic heterocycles. The van der Waals surface area contributed by atoms with E-state index in [0.717, 1.165) is 0 Å². The van der Waals surface area contributed by atoms with Gasteiger partial charge in [-0.3, -0.25) is 9.59 Å². The molecule has 0 aliphatic heterocycles. The molecule has 0 unspecified atom stereocenters. The van der Waals surface area contributed by atoms with Crippen LogP contribution in [0.15, 0.2) is 71.8 Å². The smallest absolute Gasteiger partial charge is 0.271 e. The third-order valence-corrected chi connectivity index (χ3v) is 4.45. The number of methoxy groups -OCH3 is 1. The number of para-hydroxylation sites is 1. The van der Waals surface area contributed by atoms with Crippen LogP contribution >= 0.6 is 11.6 Å². The summed E-state index contributed by atoms with van der Waals surface area (Å²) in [6.45, 7) is 0. The number of rotatable bonds is 6. The highest BCUT2D eigenvalue weighted by Crippen LogP contribution is 2.27. The predicted molar refractivity (Wildman–Crippen MR) is 116 cm³/mol. The minimum Gasteiger partial charge on any atom is -0.504 e. The van der Waals surface area contributed by atoms with Gasteiger partial charge in [-0.2, -0.15) is 5.10 Å². The molecule has 0 radical (unpaired) electrons. The van der Waals surface area contributed by atoms with Crippen molar-refractivity contribution in [1.82, 2.24) is 5.43 Å². The van der Waals surface area contributed by atoms with Crippen LogP contribution in [0.4, 0.5) is 5.69 Å². The average molecular weight is 424 g/mol. The molecule has 152 valence electrons. The second-order valence-electron chi connectivity index (χ2n) is 6.11. The van der Waals surface area contributed by atoms with Gasteiger partial charge in [-0.1, -0.05) is 35.9 Å². The number of carbonyl (C=O) groups is 2. The second-order valence-corrected chi connectivity index (χ2v) is 6.52. The fraction of sp³-hybridized carbons (Fsp3) is 0.0455. The fourth-order valence-corrected chi connectivity index (χ4v) is 2.84. The van der Waals surface area contributed by atoms with Crippen LogP contribution in [0.5, 0.6) is 11.5 Å². The molecular weight excluding hydrogens is 406 g/mol. The van der Waals surface area contributed by atoms with Gasteiger partial charge in [-0.25, -0.2) is 5.43 Å². The number of carbonyl (C=O) groups excluding carboxylic acids is 2. The van der Waals surface area contributed by atoms with E-state index in [0.29, 0.717) is 33.1 Å². The van der Waals surface area contributed by atoms with Gasteiger partial charge in [-0.15, -0.1) is 0 Å². The van der Waals surface area contributed by atoms with Gasteiger partial charge in [0.15, 0.2) is 11.5 Å². The van der Waals surface area contributed by atoms with Gasteiger partial charge >= 0.3 is 0 Å². The van der Waals surface area contributed by atoms with Gasteiger partial charge in [0.25, 0.3) is 11.8 Å². The number of nitrogens with zero attached hydrogens (tertiary/aromatic N) is 1. The van der Waals surface area contributed by atoms with Crippen molar-refractivity contribution in [2.45, 2.75) is 0 Å². The van der Waals surface area contributed by atoms with Crippen LogP contribution in [0, 0.1) is 0 Å². The van der Waals surface area contributed by atoms with E-state index in [1.807, 2.05) is 0 Å². The Kier molecular flexibility index (Phi) is 6.67. The van der Waals surface area contributed by atoms with Crippen LogP contribution in [0.1, 0.15) is 26.3 Å². The third kappa shape index (κ3) is 4.95. The summed E-state index contributed by atoms with van der Waals surface area (Å²) in [7, 11) is 1.44. The molecule has 0 fully saturated rings. The number of hydrogen-bond acceptors (Lipinski definition) is 5. The monoisotopic (exact) mass is 423 g/mol. The van der Waals surface area contributed by atoms with Crippen LogP contribution in [-0.2, 0) is 0 Å². The number of anilines is 1. The molecule has 3 aromatic rings. The fourth-order valence-electron chi connectivity index (χ4n) is 2.62. The zero-order valence-electron chi connectivity index (χ0n) is 15.9. The van der Waals surface area contributed by atoms with Crippen molar-refractivity contribution in [2.24, 2.45) is 5.10 Å². The highest BCUT2D eigenvalue weighted by atomic mass is 35.5. The summed E-state index contributed by atoms with van der Waals surface area (Å²) in [4.78, 5) is 24.7. The number of aromatic hydroxyl groups is 1. The molecule has 2 amide bonds. The maximum atomic E-state index is 12.4. The van der Waals surface area contributed by atoms with E-state index in [9.17, 15) is 14.7 Å². The number of amides is 2. The Hall–Kier alpha value is -3.84. The summed E-state index contributed by atoms with van der Waals surface area (Å²) in [5.41, 5.74) is 3.82. The SMILES string of the molecule is COc1cccc(/C=N\NC(=O)c2cccc(NC(=O)c3ccccc3Cl)c2)c1O. The Morgan fingerprint density at radius 3 is 2.57 bits per heavy atom. The normalized spacial score (nSPS) is 10.6. The van der Waals surface area contributed by atoms with Crippen molar-refractivity contribution in [3.63, 3.8) is 0 Å². The third-order valence-electron chi connectivity index (χ3n) is 4.12. The van der Waals surface area contributed by atoms with Crippen molar-refractivity contribution in [3.8, 4) is 11.5 Å². The first kappa shape index (κ1) is 20.9. The van der Waals surface area contributed by atoms with Crippen molar-refractivity contribution < 1.29 is 19.4 Å². The summed E-state index contributed by atoms with van der Waals surface area (Å²) < 4.78 is 5.02. The predicted octanol–water partition coefficient (Wildman–Crippen LogP) is 4.07. The maximum Gasteiger partial charge on any atom is 0.271 e. The topological polar surface area (TPSA) is 100 Å². The molecule has 0 spiro atoms. The van der Waals surface area contributed by atoms with Gasteiger partial charge < -0.3 is 15.2 Å². The molecule has 0 aliphatic rings. The Morgan fingerprint density at radius 2 is 1.80 bits per heavy atom. The van der Waals surface area contributed by atoms with E-state index < -0.39 is 5.91 Å². The Balaban J connectivity index is 1.68. The number of hydrogen-bond donors (Lipinski definition) is 3. The van der Waals surface area contributed by atoms with E-state index in [4.69, 9.17) is 16.3 Å². The van der Waals surface area contributed by atoms with Gasteiger partial charge in [-0.05, 0) is 42.5 Å². The van der Waals surface area contributed by atoms with Crippen LogP contribution in [-0.4, -0.2) is 30.2 Å². The first-order valence-corrected chi connectivity index (χ1v) is 9.22. The Morgan fingerprint density at radius 1 is 1.03 bits per heavy atom. The van der Waals surface area contributed by atoms with Crippen molar-refractivity contribution in [3.05, 3.63) is 88.4 Å². The lowest BCUT2D eigenvalue weighted by atomic mass is 10.1. The number of benzene rings is 3.